The highest BCUT2D eigenvalue weighted by Crippen LogP contribution is 2.21. The van der Waals surface area contributed by atoms with E-state index in [2.05, 4.69) is 15.5 Å². The maximum Gasteiger partial charge on any atom is 0.319 e. The molecule has 1 fully saturated rings. The lowest BCUT2D eigenvalue weighted by molar-refractivity contribution is -0.125. The van der Waals surface area contributed by atoms with Gasteiger partial charge >= 0.3 is 12.3 Å². The summed E-state index contributed by atoms with van der Waals surface area (Å²) in [4.78, 5) is 2.13. The summed E-state index contributed by atoms with van der Waals surface area (Å²) < 4.78 is 48.8. The van der Waals surface area contributed by atoms with Crippen LogP contribution < -0.4 is 10.6 Å². The lowest BCUT2D eigenvalue weighted by atomic mass is 10.3. The summed E-state index contributed by atoms with van der Waals surface area (Å²) in [6.07, 6.45) is -2.58. The smallest absolute Gasteiger partial charge is 0.315 e. The molecule has 17 heavy (non-hydrogen) atoms. The molecule has 0 aromatic rings. The quantitative estimate of drug-likeness (QED) is 0.544. The second-order valence-electron chi connectivity index (χ2n) is 4.18. The van der Waals surface area contributed by atoms with Gasteiger partial charge < -0.3 is 15.5 Å². The molecule has 0 atom stereocenters. The van der Waals surface area contributed by atoms with Gasteiger partial charge in [-0.15, -0.1) is 0 Å². The highest BCUT2D eigenvalue weighted by atomic mass is 19.3. The molecule has 0 bridgehead atoms. The van der Waals surface area contributed by atoms with E-state index in [1.54, 1.807) is 0 Å². The monoisotopic (exact) mass is 257 g/mol. The Morgan fingerprint density at radius 3 is 2.71 bits per heavy atom. The molecule has 0 amide bonds. The number of nitrogens with zero attached hydrogens (tertiary/aromatic N) is 1. The fourth-order valence-corrected chi connectivity index (χ4v) is 1.69. The van der Waals surface area contributed by atoms with E-state index in [0.29, 0.717) is 13.1 Å². The summed E-state index contributed by atoms with van der Waals surface area (Å²) in [6, 6.07) is 0. The molecular formula is C10H19F4N3. The second kappa shape index (κ2) is 7.13. The summed E-state index contributed by atoms with van der Waals surface area (Å²) in [5.41, 5.74) is 0. The largest absolute Gasteiger partial charge is 0.319 e. The first-order valence-electron chi connectivity index (χ1n) is 5.82. The first-order valence-corrected chi connectivity index (χ1v) is 5.82. The van der Waals surface area contributed by atoms with Crippen LogP contribution in [0.15, 0.2) is 0 Å². The van der Waals surface area contributed by atoms with Crippen LogP contribution in [0.25, 0.3) is 0 Å². The maximum atomic E-state index is 12.5. The van der Waals surface area contributed by atoms with Gasteiger partial charge in [-0.2, -0.15) is 8.78 Å². The van der Waals surface area contributed by atoms with Gasteiger partial charge in [0.2, 0.25) is 0 Å². The second-order valence-corrected chi connectivity index (χ2v) is 4.18. The van der Waals surface area contributed by atoms with Crippen molar-refractivity contribution < 1.29 is 17.6 Å². The molecule has 102 valence electrons. The van der Waals surface area contributed by atoms with E-state index in [9.17, 15) is 17.6 Å². The van der Waals surface area contributed by atoms with Crippen molar-refractivity contribution in [3.8, 4) is 0 Å². The van der Waals surface area contributed by atoms with Gasteiger partial charge in [-0.3, -0.25) is 0 Å². The molecule has 0 aromatic carbocycles. The fraction of sp³-hybridized carbons (Fsp3) is 1.00. The molecule has 0 radical (unpaired) electrons. The van der Waals surface area contributed by atoms with Crippen LogP contribution in [0, 0.1) is 0 Å². The van der Waals surface area contributed by atoms with Crippen LogP contribution >= 0.6 is 0 Å². The number of nitrogens with one attached hydrogen (secondary N) is 2. The molecule has 1 aliphatic heterocycles. The minimum Gasteiger partial charge on any atom is -0.315 e. The summed E-state index contributed by atoms with van der Waals surface area (Å²) in [7, 11) is 0. The van der Waals surface area contributed by atoms with E-state index in [1.807, 2.05) is 0 Å². The standard InChI is InChI=1S/C10H19F4N3/c11-9(12)10(13,14)8-16-4-7-17-5-1-2-15-3-6-17/h9,15-16H,1-8H2. The zero-order valence-electron chi connectivity index (χ0n) is 9.69. The van der Waals surface area contributed by atoms with Crippen LogP contribution in [0.1, 0.15) is 6.42 Å². The van der Waals surface area contributed by atoms with Crippen molar-refractivity contribution in [1.29, 1.82) is 0 Å². The fourth-order valence-electron chi connectivity index (χ4n) is 1.69. The number of alkyl halides is 4. The average molecular weight is 257 g/mol. The molecule has 1 saturated heterocycles. The number of halogens is 4. The molecule has 0 saturated carbocycles. The first-order chi connectivity index (χ1) is 8.02. The van der Waals surface area contributed by atoms with Gasteiger partial charge in [-0.25, -0.2) is 8.78 Å². The first kappa shape index (κ1) is 14.7. The van der Waals surface area contributed by atoms with Gasteiger partial charge in [0.1, 0.15) is 0 Å². The predicted octanol–water partition coefficient (Wildman–Crippen LogP) is 0.772. The van der Waals surface area contributed by atoms with Crippen molar-refractivity contribution in [2.45, 2.75) is 18.8 Å². The van der Waals surface area contributed by atoms with Crippen molar-refractivity contribution >= 4 is 0 Å². The van der Waals surface area contributed by atoms with Gasteiger partial charge in [-0.05, 0) is 19.5 Å². The molecule has 0 aromatic heterocycles. The Morgan fingerprint density at radius 1 is 1.24 bits per heavy atom. The highest BCUT2D eigenvalue weighted by molar-refractivity contribution is 4.73. The molecule has 7 heteroatoms. The molecule has 1 aliphatic rings. The summed E-state index contributed by atoms with van der Waals surface area (Å²) >= 11 is 0. The Balaban J connectivity index is 2.10. The van der Waals surface area contributed by atoms with Gasteiger partial charge in [0.05, 0.1) is 6.54 Å². The topological polar surface area (TPSA) is 27.3 Å². The Bertz CT molecular complexity index is 206. The van der Waals surface area contributed by atoms with Crippen molar-refractivity contribution in [2.24, 2.45) is 0 Å². The Hall–Kier alpha value is -0.400. The van der Waals surface area contributed by atoms with Crippen molar-refractivity contribution in [3.05, 3.63) is 0 Å². The molecule has 0 spiro atoms. The molecule has 0 aliphatic carbocycles. The lowest BCUT2D eigenvalue weighted by Gasteiger charge is -2.21. The Kier molecular flexibility index (Phi) is 6.15. The summed E-state index contributed by atoms with van der Waals surface area (Å²) in [5, 5.41) is 5.61. The van der Waals surface area contributed by atoms with E-state index in [4.69, 9.17) is 0 Å². The van der Waals surface area contributed by atoms with Crippen molar-refractivity contribution in [3.63, 3.8) is 0 Å². The Labute approximate surface area is 98.5 Å². The summed E-state index contributed by atoms with van der Waals surface area (Å²) in [6.45, 7) is 3.59. The normalized spacial score (nSPS) is 19.6. The molecule has 3 nitrogen and oxygen atoms in total. The molecule has 0 unspecified atom stereocenters. The lowest BCUT2D eigenvalue weighted by Crippen LogP contribution is -2.42. The third kappa shape index (κ3) is 5.65. The molecule has 1 rings (SSSR count). The van der Waals surface area contributed by atoms with Crippen molar-refractivity contribution in [1.82, 2.24) is 15.5 Å². The molecule has 1 heterocycles. The molecule has 2 N–H and O–H groups in total. The van der Waals surface area contributed by atoms with Crippen LogP contribution in [0.5, 0.6) is 0 Å². The van der Waals surface area contributed by atoms with Crippen LogP contribution in [0.3, 0.4) is 0 Å². The number of rotatable bonds is 6. The minimum absolute atomic E-state index is 0.308. The SMILES string of the molecule is FC(F)C(F)(F)CNCCN1CCCNCC1. The van der Waals surface area contributed by atoms with Crippen LogP contribution in [-0.4, -0.2) is 63.1 Å². The van der Waals surface area contributed by atoms with Crippen LogP contribution in [0.2, 0.25) is 0 Å². The zero-order valence-corrected chi connectivity index (χ0v) is 9.69. The number of hydrogen-bond acceptors (Lipinski definition) is 3. The van der Waals surface area contributed by atoms with E-state index < -0.39 is 18.9 Å². The Morgan fingerprint density at radius 2 is 2.00 bits per heavy atom. The van der Waals surface area contributed by atoms with E-state index in [0.717, 1.165) is 32.6 Å². The van der Waals surface area contributed by atoms with Gasteiger partial charge in [0, 0.05) is 26.2 Å². The minimum atomic E-state index is -3.93. The maximum absolute atomic E-state index is 12.5. The third-order valence-electron chi connectivity index (χ3n) is 2.72. The van der Waals surface area contributed by atoms with E-state index >= 15 is 0 Å². The van der Waals surface area contributed by atoms with E-state index in [-0.39, 0.29) is 0 Å². The van der Waals surface area contributed by atoms with Gasteiger partial charge in [0.15, 0.2) is 0 Å². The molecular weight excluding hydrogens is 238 g/mol. The number of hydrogen-bond donors (Lipinski definition) is 2. The van der Waals surface area contributed by atoms with Gasteiger partial charge in [-0.1, -0.05) is 0 Å². The van der Waals surface area contributed by atoms with E-state index in [1.165, 1.54) is 0 Å². The predicted molar refractivity (Wildman–Crippen MR) is 57.7 cm³/mol. The summed E-state index contributed by atoms with van der Waals surface area (Å²) in [5.74, 6) is -3.93. The third-order valence-corrected chi connectivity index (χ3v) is 2.72. The van der Waals surface area contributed by atoms with Crippen LogP contribution in [-0.2, 0) is 0 Å². The van der Waals surface area contributed by atoms with Gasteiger partial charge in [0.25, 0.3) is 0 Å². The zero-order chi connectivity index (χ0) is 12.7. The average Bonchev–Trinajstić information content (AvgIpc) is 2.52. The van der Waals surface area contributed by atoms with Crippen molar-refractivity contribution in [2.75, 3.05) is 45.8 Å². The highest BCUT2D eigenvalue weighted by Gasteiger charge is 2.39. The van der Waals surface area contributed by atoms with Crippen LogP contribution in [0.4, 0.5) is 17.6 Å².